The van der Waals surface area contributed by atoms with Crippen LogP contribution >= 0.6 is 0 Å². The molecule has 5 heteroatoms. The van der Waals surface area contributed by atoms with E-state index in [1.165, 1.54) is 11.0 Å². The molecule has 1 aromatic carbocycles. The molecule has 0 aromatic heterocycles. The fraction of sp³-hybridized carbons (Fsp3) is 0.467. The van der Waals surface area contributed by atoms with Gasteiger partial charge in [-0.25, -0.2) is 4.39 Å². The van der Waals surface area contributed by atoms with Crippen molar-refractivity contribution in [1.82, 2.24) is 9.80 Å². The molecule has 2 amide bonds. The lowest BCUT2D eigenvalue weighted by molar-refractivity contribution is -0.141. The van der Waals surface area contributed by atoms with Crippen LogP contribution in [0.25, 0.3) is 0 Å². The van der Waals surface area contributed by atoms with Gasteiger partial charge in [-0.05, 0) is 24.5 Å². The highest BCUT2D eigenvalue weighted by Gasteiger charge is 2.34. The molecule has 0 radical (unpaired) electrons. The molecule has 2 rings (SSSR count). The molecule has 0 aliphatic carbocycles. The third-order valence-electron chi connectivity index (χ3n) is 3.60. The van der Waals surface area contributed by atoms with Crippen molar-refractivity contribution < 1.29 is 14.0 Å². The normalized spacial score (nSPS) is 18.1. The summed E-state index contributed by atoms with van der Waals surface area (Å²) in [7, 11) is 3.36. The van der Waals surface area contributed by atoms with Crippen LogP contribution in [0.1, 0.15) is 18.4 Å². The van der Waals surface area contributed by atoms with Gasteiger partial charge in [-0.15, -0.1) is 0 Å². The Hall–Kier alpha value is -1.91. The van der Waals surface area contributed by atoms with E-state index in [4.69, 9.17) is 0 Å². The minimum atomic E-state index is -0.399. The van der Waals surface area contributed by atoms with E-state index < -0.39 is 6.04 Å². The summed E-state index contributed by atoms with van der Waals surface area (Å²) in [5.74, 6) is -0.632. The van der Waals surface area contributed by atoms with E-state index in [0.717, 1.165) is 6.42 Å². The molecule has 1 atom stereocenters. The number of carbonyl (C=O) groups excluding carboxylic acids is 2. The molecule has 0 saturated carbocycles. The number of halogens is 1. The monoisotopic (exact) mass is 278 g/mol. The van der Waals surface area contributed by atoms with Crippen molar-refractivity contribution in [3.8, 4) is 0 Å². The minimum absolute atomic E-state index is 0.00385. The average Bonchev–Trinajstić information content (AvgIpc) is 2.89. The molecular weight excluding hydrogens is 259 g/mol. The van der Waals surface area contributed by atoms with Gasteiger partial charge in [0, 0.05) is 20.6 Å². The maximum atomic E-state index is 13.6. The van der Waals surface area contributed by atoms with Crippen molar-refractivity contribution in [3.63, 3.8) is 0 Å². The lowest BCUT2D eigenvalue weighted by atomic mass is 10.1. The van der Waals surface area contributed by atoms with Crippen LogP contribution in [0.4, 0.5) is 4.39 Å². The summed E-state index contributed by atoms with van der Waals surface area (Å²) in [4.78, 5) is 27.4. The second kappa shape index (κ2) is 6.03. The summed E-state index contributed by atoms with van der Waals surface area (Å²) in [6.07, 6.45) is 1.50. The van der Waals surface area contributed by atoms with E-state index in [2.05, 4.69) is 0 Å². The highest BCUT2D eigenvalue weighted by molar-refractivity contribution is 5.88. The number of amides is 2. The van der Waals surface area contributed by atoms with E-state index in [0.29, 0.717) is 18.5 Å². The number of likely N-dealkylation sites (tertiary alicyclic amines) is 1. The number of hydrogen-bond acceptors (Lipinski definition) is 2. The van der Waals surface area contributed by atoms with E-state index in [-0.39, 0.29) is 24.1 Å². The zero-order chi connectivity index (χ0) is 14.7. The van der Waals surface area contributed by atoms with Crippen LogP contribution in [-0.4, -0.2) is 48.3 Å². The van der Waals surface area contributed by atoms with Gasteiger partial charge in [0.2, 0.25) is 11.8 Å². The van der Waals surface area contributed by atoms with Gasteiger partial charge in [0.15, 0.2) is 0 Å². The lowest BCUT2D eigenvalue weighted by Crippen LogP contribution is -2.46. The standard InChI is InChI=1S/C15H19FN2O2/c1-17(2)15(20)13-8-5-9-18(13)14(19)10-11-6-3-4-7-12(11)16/h3-4,6-7,13H,5,8-10H2,1-2H3. The van der Waals surface area contributed by atoms with Crippen LogP contribution in [0.15, 0.2) is 24.3 Å². The second-order valence-electron chi connectivity index (χ2n) is 5.25. The lowest BCUT2D eigenvalue weighted by Gasteiger charge is -2.26. The zero-order valence-corrected chi connectivity index (χ0v) is 11.8. The maximum absolute atomic E-state index is 13.6. The van der Waals surface area contributed by atoms with E-state index >= 15 is 0 Å². The van der Waals surface area contributed by atoms with E-state index in [1.807, 2.05) is 0 Å². The summed E-state index contributed by atoms with van der Waals surface area (Å²) in [6.45, 7) is 0.567. The van der Waals surface area contributed by atoms with Crippen molar-refractivity contribution in [2.24, 2.45) is 0 Å². The van der Waals surface area contributed by atoms with Crippen molar-refractivity contribution in [1.29, 1.82) is 0 Å². The van der Waals surface area contributed by atoms with Crippen molar-refractivity contribution in [2.75, 3.05) is 20.6 Å². The van der Waals surface area contributed by atoms with Gasteiger partial charge in [-0.2, -0.15) is 0 Å². The molecule has 1 fully saturated rings. The SMILES string of the molecule is CN(C)C(=O)C1CCCN1C(=O)Cc1ccccc1F. The van der Waals surface area contributed by atoms with Crippen molar-refractivity contribution in [2.45, 2.75) is 25.3 Å². The molecule has 0 N–H and O–H groups in total. The van der Waals surface area contributed by atoms with Crippen LogP contribution in [0.2, 0.25) is 0 Å². The maximum Gasteiger partial charge on any atom is 0.244 e. The quantitative estimate of drug-likeness (QED) is 0.839. The number of hydrogen-bond donors (Lipinski definition) is 0. The molecule has 1 unspecified atom stereocenters. The van der Waals surface area contributed by atoms with Crippen molar-refractivity contribution in [3.05, 3.63) is 35.6 Å². The molecule has 1 heterocycles. The number of rotatable bonds is 3. The van der Waals surface area contributed by atoms with Crippen LogP contribution in [0.3, 0.4) is 0 Å². The molecule has 20 heavy (non-hydrogen) atoms. The topological polar surface area (TPSA) is 40.6 Å². The highest BCUT2D eigenvalue weighted by atomic mass is 19.1. The predicted molar refractivity (Wildman–Crippen MR) is 73.5 cm³/mol. The first-order valence-corrected chi connectivity index (χ1v) is 6.74. The minimum Gasteiger partial charge on any atom is -0.347 e. The number of likely N-dealkylation sites (N-methyl/N-ethyl adjacent to an activating group) is 1. The Balaban J connectivity index is 2.09. The first-order chi connectivity index (χ1) is 9.50. The van der Waals surface area contributed by atoms with Gasteiger partial charge < -0.3 is 9.80 Å². The van der Waals surface area contributed by atoms with Crippen LogP contribution in [0.5, 0.6) is 0 Å². The fourth-order valence-corrected chi connectivity index (χ4v) is 2.53. The zero-order valence-electron chi connectivity index (χ0n) is 11.8. The fourth-order valence-electron chi connectivity index (χ4n) is 2.53. The van der Waals surface area contributed by atoms with Gasteiger partial charge >= 0.3 is 0 Å². The first kappa shape index (κ1) is 14.5. The first-order valence-electron chi connectivity index (χ1n) is 6.74. The van der Waals surface area contributed by atoms with E-state index in [1.54, 1.807) is 37.2 Å². The number of nitrogens with zero attached hydrogens (tertiary/aromatic N) is 2. The third-order valence-corrected chi connectivity index (χ3v) is 3.60. The smallest absolute Gasteiger partial charge is 0.244 e. The Kier molecular flexibility index (Phi) is 4.37. The molecule has 1 saturated heterocycles. The van der Waals surface area contributed by atoms with Gasteiger partial charge in [-0.1, -0.05) is 18.2 Å². The van der Waals surface area contributed by atoms with Gasteiger partial charge in [0.1, 0.15) is 11.9 Å². The van der Waals surface area contributed by atoms with Gasteiger partial charge in [-0.3, -0.25) is 9.59 Å². The summed E-state index contributed by atoms with van der Waals surface area (Å²) in [5.41, 5.74) is 0.375. The molecule has 4 nitrogen and oxygen atoms in total. The van der Waals surface area contributed by atoms with Crippen LogP contribution in [-0.2, 0) is 16.0 Å². The third kappa shape index (κ3) is 2.98. The summed E-state index contributed by atoms with van der Waals surface area (Å²) >= 11 is 0. The van der Waals surface area contributed by atoms with E-state index in [9.17, 15) is 14.0 Å². The van der Waals surface area contributed by atoms with Crippen LogP contribution in [0, 0.1) is 5.82 Å². The molecule has 1 aliphatic rings. The Morgan fingerprint density at radius 3 is 2.70 bits per heavy atom. The molecule has 1 aromatic rings. The van der Waals surface area contributed by atoms with Crippen LogP contribution < -0.4 is 0 Å². The number of benzene rings is 1. The molecule has 108 valence electrons. The predicted octanol–water partition coefficient (Wildman–Crippen LogP) is 1.45. The highest BCUT2D eigenvalue weighted by Crippen LogP contribution is 2.20. The molecule has 1 aliphatic heterocycles. The molecule has 0 bridgehead atoms. The summed E-state index contributed by atoms with van der Waals surface area (Å²) in [6, 6.07) is 5.85. The van der Waals surface area contributed by atoms with Gasteiger partial charge in [0.05, 0.1) is 6.42 Å². The van der Waals surface area contributed by atoms with Gasteiger partial charge in [0.25, 0.3) is 0 Å². The Labute approximate surface area is 118 Å². The Morgan fingerprint density at radius 1 is 1.35 bits per heavy atom. The Morgan fingerprint density at radius 2 is 2.05 bits per heavy atom. The number of carbonyl (C=O) groups is 2. The summed E-state index contributed by atoms with van der Waals surface area (Å²) in [5, 5.41) is 0. The molecular formula is C15H19FN2O2. The second-order valence-corrected chi connectivity index (χ2v) is 5.25. The molecule has 0 spiro atoms. The Bertz CT molecular complexity index is 516. The average molecular weight is 278 g/mol. The largest absolute Gasteiger partial charge is 0.347 e. The van der Waals surface area contributed by atoms with Crippen molar-refractivity contribution >= 4 is 11.8 Å². The summed E-state index contributed by atoms with van der Waals surface area (Å²) < 4.78 is 13.6.